The highest BCUT2D eigenvalue weighted by molar-refractivity contribution is 7.45. The number of hydrogen-bond acceptors (Lipinski definition) is 1. The average molecular weight is 287 g/mol. The van der Waals surface area contributed by atoms with Crippen molar-refractivity contribution in [1.82, 2.24) is 0 Å². The van der Waals surface area contributed by atoms with E-state index in [1.165, 1.54) is 0 Å². The van der Waals surface area contributed by atoms with Crippen LogP contribution in [0, 0.1) is 0 Å². The summed E-state index contributed by atoms with van der Waals surface area (Å²) in [5, 5.41) is 0.800. The van der Waals surface area contributed by atoms with Crippen LogP contribution in [0.5, 0.6) is 0 Å². The Morgan fingerprint density at radius 2 is 1.28 bits per heavy atom. The van der Waals surface area contributed by atoms with E-state index in [4.69, 9.17) is 30.8 Å². The van der Waals surface area contributed by atoms with Crippen LogP contribution in [-0.4, -0.2) is 14.7 Å². The highest BCUT2D eigenvalue weighted by Crippen LogP contribution is 2.26. The molecule has 0 unspecified atom stereocenters. The molecule has 2 rings (SSSR count). The quantitative estimate of drug-likeness (QED) is 0.704. The van der Waals surface area contributed by atoms with Gasteiger partial charge in [0.2, 0.25) is 0 Å². The predicted molar refractivity (Wildman–Crippen MR) is 71.2 cm³/mol. The number of hydrogen-bond donors (Lipinski definition) is 3. The lowest BCUT2D eigenvalue weighted by Gasteiger charge is -2.02. The summed E-state index contributed by atoms with van der Waals surface area (Å²) >= 11 is 6.06. The molecule has 18 heavy (non-hydrogen) atoms. The zero-order valence-electron chi connectivity index (χ0n) is 9.27. The van der Waals surface area contributed by atoms with Crippen LogP contribution in [0.15, 0.2) is 54.6 Å². The molecule has 6 heteroatoms. The van der Waals surface area contributed by atoms with Gasteiger partial charge in [-0.2, -0.15) is 0 Å². The van der Waals surface area contributed by atoms with Crippen molar-refractivity contribution >= 4 is 19.4 Å². The summed E-state index contributed by atoms with van der Waals surface area (Å²) in [4.78, 5) is 21.6. The van der Waals surface area contributed by atoms with Crippen LogP contribution in [0.2, 0.25) is 5.02 Å². The zero-order chi connectivity index (χ0) is 13.6. The van der Waals surface area contributed by atoms with Crippen molar-refractivity contribution in [2.45, 2.75) is 0 Å². The van der Waals surface area contributed by atoms with Crippen molar-refractivity contribution in [3.63, 3.8) is 0 Å². The molecule has 4 nitrogen and oxygen atoms in total. The lowest BCUT2D eigenvalue weighted by atomic mass is 10.1. The molecule has 2 aromatic rings. The lowest BCUT2D eigenvalue weighted by Crippen LogP contribution is -1.77. The molecule has 0 aliphatic carbocycles. The summed E-state index contributed by atoms with van der Waals surface area (Å²) in [5.74, 6) is 0. The molecule has 0 fully saturated rings. The molecule has 3 N–H and O–H groups in total. The summed E-state index contributed by atoms with van der Waals surface area (Å²) in [6.07, 6.45) is 0. The molecule has 2 aromatic carbocycles. The maximum absolute atomic E-state index is 8.88. The van der Waals surface area contributed by atoms with Crippen molar-refractivity contribution in [3.05, 3.63) is 59.6 Å². The molecule has 0 heterocycles. The number of phosphoric acid groups is 1. The van der Waals surface area contributed by atoms with Crippen LogP contribution in [-0.2, 0) is 4.57 Å². The van der Waals surface area contributed by atoms with E-state index in [0.717, 1.165) is 16.1 Å². The Balaban J connectivity index is 0.000000280. The maximum Gasteiger partial charge on any atom is 0.466 e. The minimum Gasteiger partial charge on any atom is -0.303 e. The average Bonchev–Trinajstić information content (AvgIpc) is 2.29. The molecule has 0 aliphatic heterocycles. The van der Waals surface area contributed by atoms with Crippen molar-refractivity contribution < 1.29 is 19.2 Å². The first-order valence-corrected chi connectivity index (χ1v) is 6.90. The van der Waals surface area contributed by atoms with Gasteiger partial charge in [-0.15, -0.1) is 0 Å². The second kappa shape index (κ2) is 6.69. The summed E-state index contributed by atoms with van der Waals surface area (Å²) in [6.45, 7) is 0. The third kappa shape index (κ3) is 5.96. The summed E-state index contributed by atoms with van der Waals surface area (Å²) in [6, 6.07) is 18.0. The Morgan fingerprint density at radius 1 is 0.833 bits per heavy atom. The van der Waals surface area contributed by atoms with Crippen LogP contribution in [0.25, 0.3) is 11.1 Å². The van der Waals surface area contributed by atoms with Gasteiger partial charge in [0.1, 0.15) is 0 Å². The maximum atomic E-state index is 8.88. The topological polar surface area (TPSA) is 77.8 Å². The fourth-order valence-electron chi connectivity index (χ4n) is 1.31. The first-order chi connectivity index (χ1) is 8.38. The van der Waals surface area contributed by atoms with Crippen LogP contribution >= 0.6 is 19.4 Å². The SMILES string of the molecule is Clc1ccccc1-c1ccccc1.O=P(O)(O)O. The van der Waals surface area contributed by atoms with Gasteiger partial charge in [-0.25, -0.2) is 4.57 Å². The lowest BCUT2D eigenvalue weighted by molar-refractivity contribution is 0.275. The van der Waals surface area contributed by atoms with E-state index in [1.54, 1.807) is 0 Å². The fourth-order valence-corrected chi connectivity index (χ4v) is 1.56. The molecule has 0 radical (unpaired) electrons. The van der Waals surface area contributed by atoms with Crippen LogP contribution in [0.3, 0.4) is 0 Å². The number of halogens is 1. The minimum atomic E-state index is -4.64. The summed E-state index contributed by atoms with van der Waals surface area (Å²) < 4.78 is 8.88. The molecular weight excluding hydrogens is 275 g/mol. The molecule has 0 saturated carbocycles. The normalized spacial score (nSPS) is 10.4. The smallest absolute Gasteiger partial charge is 0.303 e. The Bertz CT molecular complexity index is 531. The summed E-state index contributed by atoms with van der Waals surface area (Å²) in [7, 11) is -4.64. The van der Waals surface area contributed by atoms with E-state index >= 15 is 0 Å². The Kier molecular flexibility index (Phi) is 5.54. The third-order valence-electron chi connectivity index (χ3n) is 1.96. The Hall–Kier alpha value is -1.16. The van der Waals surface area contributed by atoms with Crippen molar-refractivity contribution in [3.8, 4) is 11.1 Å². The molecule has 0 aliphatic rings. The highest BCUT2D eigenvalue weighted by Gasteiger charge is 2.00. The second-order valence-electron chi connectivity index (χ2n) is 3.36. The van der Waals surface area contributed by atoms with Gasteiger partial charge in [-0.05, 0) is 11.6 Å². The van der Waals surface area contributed by atoms with Gasteiger partial charge in [0.25, 0.3) is 0 Å². The zero-order valence-corrected chi connectivity index (χ0v) is 10.9. The van der Waals surface area contributed by atoms with E-state index in [9.17, 15) is 0 Å². The molecule has 0 atom stereocenters. The highest BCUT2D eigenvalue weighted by atomic mass is 35.5. The van der Waals surface area contributed by atoms with Gasteiger partial charge < -0.3 is 14.7 Å². The molecular formula is C12H12ClO4P. The van der Waals surface area contributed by atoms with Gasteiger partial charge in [0.15, 0.2) is 0 Å². The largest absolute Gasteiger partial charge is 0.466 e. The van der Waals surface area contributed by atoms with Gasteiger partial charge in [0.05, 0.1) is 0 Å². The van der Waals surface area contributed by atoms with Crippen LogP contribution in [0.1, 0.15) is 0 Å². The summed E-state index contributed by atoms with van der Waals surface area (Å²) in [5.41, 5.74) is 2.25. The minimum absolute atomic E-state index is 0.800. The fraction of sp³-hybridized carbons (Fsp3) is 0. The van der Waals surface area contributed by atoms with E-state index in [0.29, 0.717) is 0 Å². The van der Waals surface area contributed by atoms with Crippen molar-refractivity contribution in [2.75, 3.05) is 0 Å². The van der Waals surface area contributed by atoms with Gasteiger partial charge in [-0.1, -0.05) is 60.1 Å². The van der Waals surface area contributed by atoms with Gasteiger partial charge >= 0.3 is 7.82 Å². The third-order valence-corrected chi connectivity index (χ3v) is 2.29. The molecule has 0 saturated heterocycles. The van der Waals surface area contributed by atoms with E-state index in [-0.39, 0.29) is 0 Å². The Labute approximate surface area is 110 Å². The number of rotatable bonds is 1. The molecule has 0 amide bonds. The van der Waals surface area contributed by atoms with Crippen LogP contribution < -0.4 is 0 Å². The van der Waals surface area contributed by atoms with Crippen LogP contribution in [0.4, 0.5) is 0 Å². The standard InChI is InChI=1S/C12H9Cl.H3O4P/c13-12-9-5-4-8-11(12)10-6-2-1-3-7-10;1-5(2,3)4/h1-9H;(H3,1,2,3,4). The molecule has 0 spiro atoms. The number of benzene rings is 2. The van der Waals surface area contributed by atoms with E-state index < -0.39 is 7.82 Å². The first-order valence-electron chi connectivity index (χ1n) is 4.96. The van der Waals surface area contributed by atoms with Gasteiger partial charge in [-0.3, -0.25) is 0 Å². The Morgan fingerprint density at radius 3 is 1.78 bits per heavy atom. The van der Waals surface area contributed by atoms with Crippen molar-refractivity contribution in [2.24, 2.45) is 0 Å². The predicted octanol–water partition coefficient (Wildman–Crippen LogP) is 3.08. The van der Waals surface area contributed by atoms with E-state index in [1.807, 2.05) is 42.5 Å². The van der Waals surface area contributed by atoms with E-state index in [2.05, 4.69) is 12.1 Å². The molecule has 0 bridgehead atoms. The molecule has 0 aromatic heterocycles. The second-order valence-corrected chi connectivity index (χ2v) is 4.79. The van der Waals surface area contributed by atoms with Gasteiger partial charge in [0, 0.05) is 10.6 Å². The molecule has 96 valence electrons. The monoisotopic (exact) mass is 286 g/mol. The van der Waals surface area contributed by atoms with Crippen molar-refractivity contribution in [1.29, 1.82) is 0 Å². The first kappa shape index (κ1) is 14.9.